The Morgan fingerprint density at radius 3 is 2.91 bits per heavy atom. The molecule has 1 fully saturated rings. The van der Waals surface area contributed by atoms with Gasteiger partial charge in [0.15, 0.2) is 6.10 Å². The summed E-state index contributed by atoms with van der Waals surface area (Å²) in [5.41, 5.74) is 0.593. The van der Waals surface area contributed by atoms with Gasteiger partial charge in [0.2, 0.25) is 0 Å². The van der Waals surface area contributed by atoms with Crippen LogP contribution in [-0.2, 0) is 16.0 Å². The molecule has 0 bridgehead atoms. The number of hydrogen-bond acceptors (Lipinski definition) is 5. The molecule has 1 aliphatic carbocycles. The Balaban J connectivity index is 1.88. The standard InChI is InChI=1S/C17H17N3O3/c1-11(10-18)23-16(21)9-8-15-19-14-5-3-2-4-13(14)17(22)20(15)12-6-7-12/h2-5,11-12H,6-9H2,1H3. The van der Waals surface area contributed by atoms with Crippen LogP contribution in [0, 0.1) is 11.3 Å². The van der Waals surface area contributed by atoms with E-state index in [-0.39, 0.29) is 18.0 Å². The van der Waals surface area contributed by atoms with Crippen molar-refractivity contribution in [3.8, 4) is 6.07 Å². The molecule has 1 heterocycles. The second-order valence-electron chi connectivity index (χ2n) is 5.71. The number of benzene rings is 1. The minimum absolute atomic E-state index is 0.0492. The molecule has 6 heteroatoms. The number of aryl methyl sites for hydroxylation is 1. The van der Waals surface area contributed by atoms with Gasteiger partial charge in [-0.25, -0.2) is 4.98 Å². The lowest BCUT2D eigenvalue weighted by Crippen LogP contribution is -2.25. The molecular weight excluding hydrogens is 294 g/mol. The van der Waals surface area contributed by atoms with Crippen LogP contribution in [0.25, 0.3) is 10.9 Å². The fraction of sp³-hybridized carbons (Fsp3) is 0.412. The molecule has 1 aromatic heterocycles. The van der Waals surface area contributed by atoms with Crippen molar-refractivity contribution in [2.24, 2.45) is 0 Å². The van der Waals surface area contributed by atoms with Gasteiger partial charge < -0.3 is 4.74 Å². The van der Waals surface area contributed by atoms with Crippen molar-refractivity contribution in [1.82, 2.24) is 9.55 Å². The highest BCUT2D eigenvalue weighted by Gasteiger charge is 2.28. The summed E-state index contributed by atoms with van der Waals surface area (Å²) >= 11 is 0. The Morgan fingerprint density at radius 1 is 1.48 bits per heavy atom. The lowest BCUT2D eigenvalue weighted by Gasteiger charge is -2.13. The highest BCUT2D eigenvalue weighted by atomic mass is 16.5. The predicted octanol–water partition coefficient (Wildman–Crippen LogP) is 2.12. The second-order valence-corrected chi connectivity index (χ2v) is 5.71. The van der Waals surface area contributed by atoms with Gasteiger partial charge in [0.1, 0.15) is 11.9 Å². The molecule has 0 N–H and O–H groups in total. The number of carbonyl (C=O) groups is 1. The highest BCUT2D eigenvalue weighted by molar-refractivity contribution is 5.77. The lowest BCUT2D eigenvalue weighted by molar-refractivity contribution is -0.145. The molecule has 1 aromatic carbocycles. The van der Waals surface area contributed by atoms with E-state index >= 15 is 0 Å². The molecule has 118 valence electrons. The van der Waals surface area contributed by atoms with E-state index in [0.29, 0.717) is 23.1 Å². The van der Waals surface area contributed by atoms with Gasteiger partial charge in [-0.05, 0) is 31.9 Å². The first kappa shape index (κ1) is 15.2. The normalized spacial score (nSPS) is 15.1. The SMILES string of the molecule is CC(C#N)OC(=O)CCc1nc2ccccc2c(=O)n1C1CC1. The maximum absolute atomic E-state index is 12.7. The van der Waals surface area contributed by atoms with Crippen LogP contribution in [-0.4, -0.2) is 21.6 Å². The highest BCUT2D eigenvalue weighted by Crippen LogP contribution is 2.34. The first-order valence-electron chi connectivity index (χ1n) is 7.69. The average Bonchev–Trinajstić information content (AvgIpc) is 3.37. The molecule has 0 saturated heterocycles. The van der Waals surface area contributed by atoms with Crippen molar-refractivity contribution in [3.63, 3.8) is 0 Å². The topological polar surface area (TPSA) is 85.0 Å². The number of esters is 1. The number of rotatable bonds is 5. The monoisotopic (exact) mass is 311 g/mol. The Morgan fingerprint density at radius 2 is 2.22 bits per heavy atom. The van der Waals surface area contributed by atoms with Crippen molar-refractivity contribution in [2.75, 3.05) is 0 Å². The van der Waals surface area contributed by atoms with Crippen molar-refractivity contribution in [1.29, 1.82) is 5.26 Å². The number of hydrogen-bond donors (Lipinski definition) is 0. The molecule has 1 atom stereocenters. The fourth-order valence-corrected chi connectivity index (χ4v) is 2.57. The quantitative estimate of drug-likeness (QED) is 0.790. The van der Waals surface area contributed by atoms with Crippen molar-refractivity contribution >= 4 is 16.9 Å². The summed E-state index contributed by atoms with van der Waals surface area (Å²) in [5, 5.41) is 9.26. The van der Waals surface area contributed by atoms with Gasteiger partial charge in [0, 0.05) is 12.5 Å². The summed E-state index contributed by atoms with van der Waals surface area (Å²) in [6.07, 6.45) is 1.58. The molecule has 3 rings (SSSR count). The van der Waals surface area contributed by atoms with Crippen LogP contribution in [0.3, 0.4) is 0 Å². The zero-order valence-corrected chi connectivity index (χ0v) is 12.9. The summed E-state index contributed by atoms with van der Waals surface area (Å²) in [6, 6.07) is 9.27. The van der Waals surface area contributed by atoms with E-state index < -0.39 is 12.1 Å². The number of para-hydroxylation sites is 1. The third-order valence-corrected chi connectivity index (χ3v) is 3.84. The van der Waals surface area contributed by atoms with E-state index in [2.05, 4.69) is 4.98 Å². The maximum Gasteiger partial charge on any atom is 0.307 e. The first-order chi connectivity index (χ1) is 11.1. The van der Waals surface area contributed by atoms with Gasteiger partial charge in [0.05, 0.1) is 17.3 Å². The zero-order valence-electron chi connectivity index (χ0n) is 12.9. The van der Waals surface area contributed by atoms with Crippen LogP contribution < -0.4 is 5.56 Å². The molecule has 1 saturated carbocycles. The third-order valence-electron chi connectivity index (χ3n) is 3.84. The van der Waals surface area contributed by atoms with E-state index in [1.807, 2.05) is 18.2 Å². The molecule has 0 amide bonds. The molecule has 0 radical (unpaired) electrons. The third kappa shape index (κ3) is 3.24. The molecule has 0 spiro atoms. The van der Waals surface area contributed by atoms with E-state index in [1.54, 1.807) is 16.7 Å². The zero-order chi connectivity index (χ0) is 16.4. The van der Waals surface area contributed by atoms with Crippen molar-refractivity contribution in [3.05, 3.63) is 40.4 Å². The molecular formula is C17H17N3O3. The van der Waals surface area contributed by atoms with E-state index in [1.165, 1.54) is 6.92 Å². The molecule has 6 nitrogen and oxygen atoms in total. The molecule has 1 unspecified atom stereocenters. The Labute approximate surface area is 133 Å². The van der Waals surface area contributed by atoms with Crippen molar-refractivity contribution < 1.29 is 9.53 Å². The summed E-state index contributed by atoms with van der Waals surface area (Å²) < 4.78 is 6.65. The summed E-state index contributed by atoms with van der Waals surface area (Å²) in [5.74, 6) is 0.154. The maximum atomic E-state index is 12.7. The van der Waals surface area contributed by atoms with Gasteiger partial charge in [-0.3, -0.25) is 14.2 Å². The number of fused-ring (bicyclic) bond motifs is 1. The van der Waals surface area contributed by atoms with Crippen LogP contribution in [0.15, 0.2) is 29.1 Å². The summed E-state index contributed by atoms with van der Waals surface area (Å²) in [4.78, 5) is 29.0. The second kappa shape index (κ2) is 6.21. The van der Waals surface area contributed by atoms with Crippen molar-refractivity contribution in [2.45, 2.75) is 44.8 Å². The van der Waals surface area contributed by atoms with Crippen LogP contribution in [0.2, 0.25) is 0 Å². The first-order valence-corrected chi connectivity index (χ1v) is 7.69. The smallest absolute Gasteiger partial charge is 0.307 e. The minimum Gasteiger partial charge on any atom is -0.447 e. The van der Waals surface area contributed by atoms with Gasteiger partial charge in [-0.15, -0.1) is 0 Å². The van der Waals surface area contributed by atoms with Gasteiger partial charge in [-0.2, -0.15) is 5.26 Å². The molecule has 1 aliphatic rings. The van der Waals surface area contributed by atoms with Gasteiger partial charge in [0.25, 0.3) is 5.56 Å². The molecule has 0 aliphatic heterocycles. The van der Waals surface area contributed by atoms with E-state index in [9.17, 15) is 9.59 Å². The van der Waals surface area contributed by atoms with E-state index in [0.717, 1.165) is 12.8 Å². The number of nitrogens with zero attached hydrogens (tertiary/aromatic N) is 3. The minimum atomic E-state index is -0.766. The molecule has 23 heavy (non-hydrogen) atoms. The van der Waals surface area contributed by atoms with Crippen LogP contribution in [0.4, 0.5) is 0 Å². The van der Waals surface area contributed by atoms with E-state index in [4.69, 9.17) is 10.00 Å². The average molecular weight is 311 g/mol. The fourth-order valence-electron chi connectivity index (χ4n) is 2.57. The predicted molar refractivity (Wildman–Crippen MR) is 83.8 cm³/mol. The number of aromatic nitrogens is 2. The Bertz CT molecular complexity index is 846. The Hall–Kier alpha value is -2.68. The number of ether oxygens (including phenoxy) is 1. The molecule has 2 aromatic rings. The largest absolute Gasteiger partial charge is 0.447 e. The van der Waals surface area contributed by atoms with Crippen LogP contribution in [0.5, 0.6) is 0 Å². The summed E-state index contributed by atoms with van der Waals surface area (Å²) in [7, 11) is 0. The number of carbonyl (C=O) groups excluding carboxylic acids is 1. The summed E-state index contributed by atoms with van der Waals surface area (Å²) in [6.45, 7) is 1.52. The van der Waals surface area contributed by atoms with Crippen LogP contribution in [0.1, 0.15) is 38.1 Å². The lowest BCUT2D eigenvalue weighted by atomic mass is 10.2. The Kier molecular flexibility index (Phi) is 4.11. The van der Waals surface area contributed by atoms with Gasteiger partial charge in [-0.1, -0.05) is 12.1 Å². The number of nitriles is 1. The van der Waals surface area contributed by atoms with Crippen LogP contribution >= 0.6 is 0 Å². The van der Waals surface area contributed by atoms with Gasteiger partial charge >= 0.3 is 5.97 Å².